The number of carbonyl (C=O) groups is 2. The molecule has 0 aromatic carbocycles. The number of fused-ring (bicyclic) bond motifs is 1. The fourth-order valence-corrected chi connectivity index (χ4v) is 9.17. The number of aliphatic hydroxyl groups excluding tert-OH is 16. The lowest BCUT2D eigenvalue weighted by Crippen LogP contribution is -2.70. The summed E-state index contributed by atoms with van der Waals surface area (Å²) >= 11 is 0. The Hall–Kier alpha value is -2.22. The molecule has 7 aliphatic rings. The molecule has 0 aromatic rings. The summed E-state index contributed by atoms with van der Waals surface area (Å²) in [7, 11) is 0. The minimum Gasteiger partial charge on any atom is -0.479 e. The summed E-state index contributed by atoms with van der Waals surface area (Å²) in [5.41, 5.74) is 0. The number of aliphatic carboxylic acids is 2. The van der Waals surface area contributed by atoms with E-state index in [0.717, 1.165) is 6.92 Å². The second-order valence-corrected chi connectivity index (χ2v) is 18.2. The van der Waals surface area contributed by atoms with Crippen LogP contribution in [0, 0.1) is 0 Å². The van der Waals surface area contributed by atoms with E-state index in [1.165, 1.54) is 6.92 Å². The van der Waals surface area contributed by atoms with Crippen LogP contribution in [0.4, 0.5) is 0 Å². The van der Waals surface area contributed by atoms with E-state index >= 15 is 0 Å². The molecule has 31 atom stereocenters. The maximum atomic E-state index is 11.8. The highest BCUT2D eigenvalue weighted by Crippen LogP contribution is 2.39. The van der Waals surface area contributed by atoms with Crippen LogP contribution in [0.1, 0.15) is 13.8 Å². The zero-order valence-corrected chi connectivity index (χ0v) is 37.8. The van der Waals surface area contributed by atoms with Crippen LogP contribution in [0.25, 0.3) is 0 Å². The fourth-order valence-electron chi connectivity index (χ4n) is 9.17. The highest BCUT2D eigenvalue weighted by molar-refractivity contribution is 5.75. The van der Waals surface area contributed by atoms with Crippen LogP contribution in [-0.4, -0.2) is 320 Å². The van der Waals surface area contributed by atoms with Crippen molar-refractivity contribution in [2.45, 2.75) is 204 Å². The summed E-state index contributed by atoms with van der Waals surface area (Å²) in [5.74, 6) is -5.68. The van der Waals surface area contributed by atoms with Crippen molar-refractivity contribution in [3.05, 3.63) is 0 Å². The van der Waals surface area contributed by atoms with Crippen LogP contribution < -0.4 is 0 Å². The van der Waals surface area contributed by atoms with Crippen molar-refractivity contribution in [1.29, 1.82) is 0 Å². The molecule has 1 unspecified atom stereocenters. The lowest BCUT2D eigenvalue weighted by Gasteiger charge is -2.52. The van der Waals surface area contributed by atoms with Crippen LogP contribution in [0.5, 0.6) is 0 Å². The Kier molecular flexibility index (Phi) is 18.5. The van der Waals surface area contributed by atoms with Crippen LogP contribution in [0.15, 0.2) is 0 Å². The van der Waals surface area contributed by atoms with Gasteiger partial charge in [0.1, 0.15) is 134 Å². The van der Waals surface area contributed by atoms with Gasteiger partial charge in [0, 0.05) is 6.92 Å². The Morgan fingerprint density at radius 1 is 0.472 bits per heavy atom. The topological polar surface area (TPSA) is 518 Å². The molecule has 7 aliphatic heterocycles. The standard InChI is InChI=1S/C39H62O33/c1-7-12(43)15(46)19(50)33(61-7)70-29-25(10(5-42)62-32(57)30(29)71-34-21(52)18(49)24-11(65-34)6-60-39(2,72-24)38(58)59)66-36-22(53)27(14(45)8(3-40)63-36)68-37-23(54)26(13(44)9(4-41)64-37)67-35-20(51)16(47)17(48)28(69-35)31(55)56/h7-30,32-37,40-54,57H,3-6H2,1-2H3,(H,55,56)(H,58,59)/t7-,8+,9+,10+,11+,12-,13+,14+,15+,16-,17-,18+,19+,20+,21+,22+,23-,24+,25+,26-,27-,28-,29-,30-,32-,33-,34-,35-,36-,37+,39?/m0/s1. The van der Waals surface area contributed by atoms with Crippen LogP contribution in [-0.2, 0) is 71.2 Å². The van der Waals surface area contributed by atoms with E-state index in [9.17, 15) is 102 Å². The molecule has 0 radical (unpaired) electrons. The number of ether oxygens (including phenoxy) is 13. The SMILES string of the molecule is C[C@@H]1O[C@@H](O[C@@H]2[C@H](O[C@@H]3O[C@@H]4COC(C)(C(=O)O)O[C@H]4[C@H](O)[C@H]3O)[C@@H](O)O[C@H](CO)[C@H]2O[C@@H]2O[C@H](CO)[C@@H](O)[C@H](O[C@H]3O[C@H](CO)[C@@H](O)[C@H](O[C@H]4O[C@H](C(=O)O)[C@@H](O)[C@H](O)[C@H]4O)[C@@H]3O)[C@H]2O)[C@H](O)[C@H](O)[C@H]1O. The van der Waals surface area contributed by atoms with Crippen molar-refractivity contribution in [2.24, 2.45) is 0 Å². The summed E-state index contributed by atoms with van der Waals surface area (Å²) in [4.78, 5) is 23.5. The van der Waals surface area contributed by atoms with Crippen LogP contribution in [0.3, 0.4) is 0 Å². The van der Waals surface area contributed by atoms with E-state index in [1.54, 1.807) is 0 Å². The normalized spacial score (nSPS) is 53.4. The minimum atomic E-state index is -2.33. The lowest BCUT2D eigenvalue weighted by molar-refractivity contribution is -0.419. The second-order valence-electron chi connectivity index (χ2n) is 18.2. The van der Waals surface area contributed by atoms with Crippen molar-refractivity contribution in [3.63, 3.8) is 0 Å². The first-order chi connectivity index (χ1) is 33.9. The molecule has 416 valence electrons. The molecular weight excluding hydrogens is 996 g/mol. The molecule has 18 N–H and O–H groups in total. The number of hydrogen-bond donors (Lipinski definition) is 18. The number of carboxylic acids is 2. The molecule has 33 heteroatoms. The third-order valence-corrected chi connectivity index (χ3v) is 13.4. The molecule has 7 rings (SSSR count). The van der Waals surface area contributed by atoms with Gasteiger partial charge in [0.25, 0.3) is 5.79 Å². The summed E-state index contributed by atoms with van der Waals surface area (Å²) in [5, 5.41) is 192. The molecular formula is C39H62O33. The van der Waals surface area contributed by atoms with Crippen LogP contribution >= 0.6 is 0 Å². The molecule has 7 fully saturated rings. The van der Waals surface area contributed by atoms with Gasteiger partial charge in [-0.15, -0.1) is 0 Å². The largest absolute Gasteiger partial charge is 0.479 e. The quantitative estimate of drug-likeness (QED) is 0.0724. The maximum absolute atomic E-state index is 11.8. The average Bonchev–Trinajstić information content (AvgIpc) is 3.34. The van der Waals surface area contributed by atoms with Gasteiger partial charge in [0.2, 0.25) is 0 Å². The van der Waals surface area contributed by atoms with E-state index < -0.39 is 228 Å². The van der Waals surface area contributed by atoms with E-state index in [4.69, 9.17) is 61.6 Å². The Morgan fingerprint density at radius 2 is 0.917 bits per heavy atom. The third-order valence-electron chi connectivity index (χ3n) is 13.4. The summed E-state index contributed by atoms with van der Waals surface area (Å²) in [6.07, 6.45) is -60.0. The van der Waals surface area contributed by atoms with Crippen molar-refractivity contribution >= 4 is 11.9 Å². The molecule has 33 nitrogen and oxygen atoms in total. The molecule has 0 aliphatic carbocycles. The Balaban J connectivity index is 1.16. The van der Waals surface area contributed by atoms with E-state index in [1.807, 2.05) is 0 Å². The Labute approximate surface area is 405 Å². The van der Waals surface area contributed by atoms with Gasteiger partial charge in [-0.1, -0.05) is 0 Å². The predicted octanol–water partition coefficient (Wildman–Crippen LogP) is -12.1. The van der Waals surface area contributed by atoms with Gasteiger partial charge in [0.15, 0.2) is 43.8 Å². The summed E-state index contributed by atoms with van der Waals surface area (Å²) < 4.78 is 73.3. The van der Waals surface area contributed by atoms with E-state index in [-0.39, 0.29) is 0 Å². The molecule has 0 saturated carbocycles. The third kappa shape index (κ3) is 11.1. The molecule has 7 heterocycles. The number of carboxylic acid groups (broad SMARTS) is 2. The zero-order chi connectivity index (χ0) is 53.0. The molecule has 72 heavy (non-hydrogen) atoms. The average molecular weight is 1060 g/mol. The number of hydrogen-bond acceptors (Lipinski definition) is 31. The molecule has 0 spiro atoms. The Bertz CT molecular complexity index is 1800. The first kappa shape index (κ1) is 57.5. The number of rotatable bonds is 15. The van der Waals surface area contributed by atoms with Crippen LogP contribution in [0.2, 0.25) is 0 Å². The van der Waals surface area contributed by atoms with Crippen molar-refractivity contribution in [2.75, 3.05) is 26.4 Å². The van der Waals surface area contributed by atoms with Gasteiger partial charge in [-0.05, 0) is 6.92 Å². The summed E-state index contributed by atoms with van der Waals surface area (Å²) in [6.45, 7) is -1.49. The predicted molar refractivity (Wildman–Crippen MR) is 212 cm³/mol. The van der Waals surface area contributed by atoms with Gasteiger partial charge in [-0.3, -0.25) is 0 Å². The first-order valence-electron chi connectivity index (χ1n) is 22.5. The minimum absolute atomic E-state index is 0.560. The second kappa shape index (κ2) is 23.2. The zero-order valence-electron chi connectivity index (χ0n) is 37.8. The Morgan fingerprint density at radius 3 is 1.43 bits per heavy atom. The van der Waals surface area contributed by atoms with E-state index in [2.05, 4.69) is 0 Å². The van der Waals surface area contributed by atoms with Gasteiger partial charge in [0.05, 0.1) is 32.5 Å². The van der Waals surface area contributed by atoms with Gasteiger partial charge >= 0.3 is 11.9 Å². The molecule has 0 aromatic heterocycles. The smallest absolute Gasteiger partial charge is 0.364 e. The molecule has 7 saturated heterocycles. The van der Waals surface area contributed by atoms with Crippen molar-refractivity contribution in [3.8, 4) is 0 Å². The first-order valence-corrected chi connectivity index (χ1v) is 22.5. The molecule has 0 bridgehead atoms. The van der Waals surface area contributed by atoms with Gasteiger partial charge in [-0.25, -0.2) is 9.59 Å². The highest BCUT2D eigenvalue weighted by Gasteiger charge is 2.60. The van der Waals surface area contributed by atoms with E-state index in [0.29, 0.717) is 0 Å². The van der Waals surface area contributed by atoms with Crippen molar-refractivity contribution < 1.29 is 163 Å². The van der Waals surface area contributed by atoms with Crippen molar-refractivity contribution in [1.82, 2.24) is 0 Å². The van der Waals surface area contributed by atoms with Gasteiger partial charge in [-0.2, -0.15) is 0 Å². The summed E-state index contributed by atoms with van der Waals surface area (Å²) in [6, 6.07) is 0. The molecule has 0 amide bonds. The number of aliphatic hydroxyl groups is 16. The lowest BCUT2D eigenvalue weighted by atomic mass is 9.94. The van der Waals surface area contributed by atoms with Gasteiger partial charge < -0.3 is 153 Å². The highest BCUT2D eigenvalue weighted by atomic mass is 16.8. The fraction of sp³-hybridized carbons (Fsp3) is 0.949. The monoisotopic (exact) mass is 1060 g/mol. The maximum Gasteiger partial charge on any atom is 0.364 e.